The molecule has 0 unspecified atom stereocenters. The number of aliphatic hydroxyl groups excluding tert-OH is 1. The molecule has 1 aliphatic carbocycles. The molecule has 3 N–H and O–H groups in total. The molecule has 1 saturated heterocycles. The molecule has 0 aromatic carbocycles. The van der Waals surface area contributed by atoms with E-state index < -0.39 is 0 Å². The molecule has 7 nitrogen and oxygen atoms in total. The number of aliphatic imine (C=N–C) groups is 3. The summed E-state index contributed by atoms with van der Waals surface area (Å²) in [6.45, 7) is 13.2. The van der Waals surface area contributed by atoms with E-state index in [0.717, 1.165) is 86.1 Å². The molecule has 6 rings (SSSR count). The van der Waals surface area contributed by atoms with E-state index in [1.54, 1.807) is 0 Å². The second-order valence-electron chi connectivity index (χ2n) is 11.5. The van der Waals surface area contributed by atoms with Gasteiger partial charge in [-0.05, 0) is 102 Å². The third-order valence-corrected chi connectivity index (χ3v) is 10.2. The smallest absolute Gasteiger partial charge is 0.106 e. The Kier molecular flexibility index (Phi) is 7.29. The number of nitrogens with zero attached hydrogens (tertiary/aromatic N) is 3. The van der Waals surface area contributed by atoms with Gasteiger partial charge in [0.1, 0.15) is 5.76 Å². The van der Waals surface area contributed by atoms with Crippen LogP contribution in [0.3, 0.4) is 0 Å². The van der Waals surface area contributed by atoms with Gasteiger partial charge in [0.05, 0.1) is 45.3 Å². The summed E-state index contributed by atoms with van der Waals surface area (Å²) in [5.74, 6) is 0.650. The van der Waals surface area contributed by atoms with E-state index in [4.69, 9.17) is 20.2 Å². The van der Waals surface area contributed by atoms with Gasteiger partial charge in [-0.15, -0.1) is 0 Å². The molecule has 5 heterocycles. The summed E-state index contributed by atoms with van der Waals surface area (Å²) in [6, 6.07) is 0. The van der Waals surface area contributed by atoms with Crippen LogP contribution in [0.2, 0.25) is 0 Å². The van der Waals surface area contributed by atoms with Crippen LogP contribution in [0.15, 0.2) is 105 Å². The summed E-state index contributed by atoms with van der Waals surface area (Å²) < 4.78 is 0.956. The van der Waals surface area contributed by atoms with Gasteiger partial charge in [-0.2, -0.15) is 0 Å². The maximum Gasteiger partial charge on any atom is 0.106 e. The fraction of sp³-hybridized carbons (Fsp3) is 0.424. The number of aliphatic hydroxyl groups is 1. The Morgan fingerprint density at radius 1 is 0.951 bits per heavy atom. The third kappa shape index (κ3) is 4.34. The molecule has 2 atom stereocenters. The van der Waals surface area contributed by atoms with Crippen molar-refractivity contribution in [1.29, 1.82) is 0 Å². The Morgan fingerprint density at radius 2 is 1.66 bits per heavy atom. The summed E-state index contributed by atoms with van der Waals surface area (Å²) in [7, 11) is 0. The standard InChI is InChI=1S/C33H37BrN4O3/c1-7-19-15(3)23-13-26-20(8-2)16(4)30(37-26)29(34)31-17(5)21(10-9-11-41-40)32(38-31)22-12-27(39)28-18(6)24(36-33(22)28)14-25(19)35-23/h13-14,17,21,38-40H,7-12H2,1-6H3/t17-,21-/m0/s1. The van der Waals surface area contributed by atoms with Crippen molar-refractivity contribution in [3.05, 3.63) is 89.9 Å². The molecule has 8 heteroatoms. The first-order valence-electron chi connectivity index (χ1n) is 14.6. The van der Waals surface area contributed by atoms with Gasteiger partial charge in [-0.3, -0.25) is 5.26 Å². The number of fused-ring (bicyclic) bond motifs is 5. The number of hydrogen-bond donors (Lipinski definition) is 3. The highest BCUT2D eigenvalue weighted by Crippen LogP contribution is 2.47. The first-order valence-corrected chi connectivity index (χ1v) is 15.4. The molecular formula is C33H37BrN4O3. The van der Waals surface area contributed by atoms with Crippen molar-refractivity contribution in [3.63, 3.8) is 0 Å². The number of halogens is 1. The van der Waals surface area contributed by atoms with Crippen LogP contribution in [0.4, 0.5) is 0 Å². The maximum atomic E-state index is 11.2. The van der Waals surface area contributed by atoms with Crippen molar-refractivity contribution in [2.24, 2.45) is 26.8 Å². The van der Waals surface area contributed by atoms with Crippen LogP contribution in [0.25, 0.3) is 0 Å². The number of nitrogens with one attached hydrogen (secondary N) is 1. The number of allylic oxidation sites excluding steroid dienone is 12. The second kappa shape index (κ2) is 10.6. The van der Waals surface area contributed by atoms with Crippen molar-refractivity contribution in [3.8, 4) is 0 Å². The largest absolute Gasteiger partial charge is 0.511 e. The third-order valence-electron chi connectivity index (χ3n) is 9.36. The van der Waals surface area contributed by atoms with Crippen LogP contribution in [0, 0.1) is 11.8 Å². The van der Waals surface area contributed by atoms with Crippen LogP contribution in [0.5, 0.6) is 0 Å². The van der Waals surface area contributed by atoms with Gasteiger partial charge in [0.25, 0.3) is 0 Å². The zero-order valence-corrected chi connectivity index (χ0v) is 26.2. The molecule has 5 aliphatic heterocycles. The fourth-order valence-electron chi connectivity index (χ4n) is 7.07. The van der Waals surface area contributed by atoms with Gasteiger partial charge in [-0.25, -0.2) is 19.9 Å². The van der Waals surface area contributed by atoms with Gasteiger partial charge in [0.2, 0.25) is 0 Å². The Labute approximate surface area is 250 Å². The van der Waals surface area contributed by atoms with Gasteiger partial charge in [-0.1, -0.05) is 20.8 Å². The zero-order valence-electron chi connectivity index (χ0n) is 24.6. The summed E-state index contributed by atoms with van der Waals surface area (Å²) in [6.07, 6.45) is 7.92. The topological polar surface area (TPSA) is 98.8 Å². The average molecular weight is 618 g/mol. The highest BCUT2D eigenvalue weighted by molar-refractivity contribution is 9.12. The van der Waals surface area contributed by atoms with Gasteiger partial charge >= 0.3 is 0 Å². The van der Waals surface area contributed by atoms with Crippen molar-refractivity contribution < 1.29 is 15.3 Å². The molecular weight excluding hydrogens is 580 g/mol. The zero-order chi connectivity index (χ0) is 29.2. The molecule has 0 spiro atoms. The molecule has 214 valence electrons. The molecule has 0 aromatic rings. The molecule has 0 aromatic heterocycles. The lowest BCUT2D eigenvalue weighted by atomic mass is 9.86. The van der Waals surface area contributed by atoms with E-state index in [-0.39, 0.29) is 18.4 Å². The molecule has 6 aliphatic rings. The number of hydrogen-bond acceptors (Lipinski definition) is 7. The van der Waals surface area contributed by atoms with Crippen LogP contribution in [-0.4, -0.2) is 34.1 Å². The molecule has 0 radical (unpaired) electrons. The average Bonchev–Trinajstić information content (AvgIpc) is 3.70. The monoisotopic (exact) mass is 616 g/mol. The normalized spacial score (nSPS) is 25.5. The van der Waals surface area contributed by atoms with E-state index in [2.05, 4.69) is 72.9 Å². The SMILES string of the molecule is CCC1=C(C)C2=NC1=CC1=C(C)C3=C(O)CC(=C4NC(=C(Br)C5=NC(=C2)C(CC)=C5C)[C@@H](C)[C@@H]4CCCOO)C3=N1. The summed E-state index contributed by atoms with van der Waals surface area (Å²) in [5.41, 5.74) is 15.2. The summed E-state index contributed by atoms with van der Waals surface area (Å²) >= 11 is 3.97. The molecule has 0 saturated carbocycles. The molecule has 1 fully saturated rings. The lowest BCUT2D eigenvalue weighted by molar-refractivity contribution is -0.243. The van der Waals surface area contributed by atoms with Crippen molar-refractivity contribution >= 4 is 33.1 Å². The molecule has 41 heavy (non-hydrogen) atoms. The lowest BCUT2D eigenvalue weighted by Gasteiger charge is -2.17. The first kappa shape index (κ1) is 28.1. The van der Waals surface area contributed by atoms with Crippen LogP contribution in [-0.2, 0) is 4.89 Å². The van der Waals surface area contributed by atoms with Gasteiger partial charge < -0.3 is 10.4 Å². The predicted molar refractivity (Wildman–Crippen MR) is 168 cm³/mol. The molecule has 8 bridgehead atoms. The minimum absolute atomic E-state index is 0.140. The minimum atomic E-state index is 0.140. The van der Waals surface area contributed by atoms with Crippen LogP contribution < -0.4 is 5.32 Å². The first-order chi connectivity index (χ1) is 19.7. The van der Waals surface area contributed by atoms with E-state index >= 15 is 0 Å². The maximum absolute atomic E-state index is 11.2. The quantitative estimate of drug-likeness (QED) is 0.160. The Bertz CT molecular complexity index is 1620. The Morgan fingerprint density at radius 3 is 2.37 bits per heavy atom. The predicted octanol–water partition coefficient (Wildman–Crippen LogP) is 8.06. The van der Waals surface area contributed by atoms with E-state index in [9.17, 15) is 5.11 Å². The number of rotatable bonds is 6. The van der Waals surface area contributed by atoms with E-state index in [0.29, 0.717) is 18.6 Å². The fourth-order valence-corrected chi connectivity index (χ4v) is 7.91. The van der Waals surface area contributed by atoms with Gasteiger partial charge in [0.15, 0.2) is 0 Å². The van der Waals surface area contributed by atoms with Crippen molar-refractivity contribution in [1.82, 2.24) is 5.32 Å². The van der Waals surface area contributed by atoms with Crippen LogP contribution >= 0.6 is 15.9 Å². The van der Waals surface area contributed by atoms with E-state index in [1.807, 2.05) is 6.92 Å². The van der Waals surface area contributed by atoms with Gasteiger partial charge in [0, 0.05) is 40.8 Å². The highest BCUT2D eigenvalue weighted by atomic mass is 79.9. The van der Waals surface area contributed by atoms with Crippen molar-refractivity contribution in [2.75, 3.05) is 6.61 Å². The Hall–Kier alpha value is -3.07. The Balaban J connectivity index is 1.62. The lowest BCUT2D eigenvalue weighted by Crippen LogP contribution is -2.15. The van der Waals surface area contributed by atoms with Crippen LogP contribution in [0.1, 0.15) is 73.6 Å². The van der Waals surface area contributed by atoms with Crippen molar-refractivity contribution in [2.45, 2.75) is 73.6 Å². The minimum Gasteiger partial charge on any atom is -0.511 e. The summed E-state index contributed by atoms with van der Waals surface area (Å²) in [4.78, 5) is 19.8. The highest BCUT2D eigenvalue weighted by Gasteiger charge is 2.42. The summed E-state index contributed by atoms with van der Waals surface area (Å²) in [5, 5.41) is 24.0. The van der Waals surface area contributed by atoms with E-state index in [1.165, 1.54) is 22.3 Å². The second-order valence-corrected chi connectivity index (χ2v) is 12.3. The molecule has 0 amide bonds.